The first-order valence-electron chi connectivity index (χ1n) is 32.6. The monoisotopic (exact) mass is 1040 g/mol. The maximum atomic E-state index is 12.8. The van der Waals surface area contributed by atoms with Crippen LogP contribution < -0.4 is 0 Å². The Kier molecular flexibility index (Phi) is 60.7. The first kappa shape index (κ1) is 71.4. The fraction of sp³-hybridized carbons (Fsp3) is 0.838. The number of hydrogen-bond acceptors (Lipinski definition) is 6. The zero-order valence-electron chi connectivity index (χ0n) is 49.6. The molecule has 0 spiro atoms. The molecule has 0 saturated heterocycles. The Morgan fingerprint density at radius 3 is 0.770 bits per heavy atom. The minimum atomic E-state index is -0.776. The van der Waals surface area contributed by atoms with E-state index in [4.69, 9.17) is 14.2 Å². The third-order valence-corrected chi connectivity index (χ3v) is 14.6. The molecule has 0 fully saturated rings. The maximum absolute atomic E-state index is 12.8. The Hall–Kier alpha value is -2.63. The fourth-order valence-corrected chi connectivity index (χ4v) is 9.62. The molecule has 0 bridgehead atoms. The summed E-state index contributed by atoms with van der Waals surface area (Å²) in [6.45, 7) is 6.62. The summed E-state index contributed by atoms with van der Waals surface area (Å²) in [7, 11) is 0. The van der Waals surface area contributed by atoms with Crippen LogP contribution in [0.5, 0.6) is 0 Å². The zero-order chi connectivity index (χ0) is 53.6. The molecule has 0 N–H and O–H groups in total. The number of carbonyl (C=O) groups excluding carboxylic acids is 3. The molecule has 1 unspecified atom stereocenters. The fourth-order valence-electron chi connectivity index (χ4n) is 9.62. The smallest absolute Gasteiger partial charge is 0.306 e. The average molecular weight is 1040 g/mol. The molecule has 74 heavy (non-hydrogen) atoms. The lowest BCUT2D eigenvalue weighted by Crippen LogP contribution is -2.30. The molecule has 0 heterocycles. The van der Waals surface area contributed by atoms with Crippen LogP contribution in [0.25, 0.3) is 0 Å². The topological polar surface area (TPSA) is 78.9 Å². The van der Waals surface area contributed by atoms with Gasteiger partial charge >= 0.3 is 17.9 Å². The van der Waals surface area contributed by atoms with Crippen molar-refractivity contribution in [1.82, 2.24) is 0 Å². The second kappa shape index (κ2) is 62.9. The largest absolute Gasteiger partial charge is 0.462 e. The highest BCUT2D eigenvalue weighted by atomic mass is 16.6. The molecular weight excluding hydrogens is 913 g/mol. The predicted molar refractivity (Wildman–Crippen MR) is 321 cm³/mol. The van der Waals surface area contributed by atoms with E-state index in [0.29, 0.717) is 19.3 Å². The van der Waals surface area contributed by atoms with Gasteiger partial charge in [-0.15, -0.1) is 0 Å². The zero-order valence-corrected chi connectivity index (χ0v) is 49.6. The van der Waals surface area contributed by atoms with E-state index in [1.807, 2.05) is 0 Å². The third kappa shape index (κ3) is 60.2. The van der Waals surface area contributed by atoms with Crippen molar-refractivity contribution in [3.63, 3.8) is 0 Å². The summed E-state index contributed by atoms with van der Waals surface area (Å²) >= 11 is 0. The summed E-state index contributed by atoms with van der Waals surface area (Å²) in [4.78, 5) is 38.2. The van der Waals surface area contributed by atoms with Gasteiger partial charge in [0.25, 0.3) is 0 Å². The Labute approximate surface area is 460 Å². The summed E-state index contributed by atoms with van der Waals surface area (Å²) in [6, 6.07) is 0. The first-order valence-corrected chi connectivity index (χ1v) is 32.6. The van der Waals surface area contributed by atoms with Crippen molar-refractivity contribution in [2.45, 2.75) is 354 Å². The van der Waals surface area contributed by atoms with Gasteiger partial charge in [0.1, 0.15) is 13.2 Å². The number of ether oxygens (including phenoxy) is 3. The maximum Gasteiger partial charge on any atom is 0.306 e. The molecule has 0 radical (unpaired) electrons. The second-order valence-electron chi connectivity index (χ2n) is 22.0. The lowest BCUT2D eigenvalue weighted by molar-refractivity contribution is -0.167. The van der Waals surface area contributed by atoms with E-state index < -0.39 is 6.10 Å². The van der Waals surface area contributed by atoms with Crippen molar-refractivity contribution in [2.75, 3.05) is 13.2 Å². The van der Waals surface area contributed by atoms with Gasteiger partial charge in [-0.2, -0.15) is 0 Å². The van der Waals surface area contributed by atoms with E-state index >= 15 is 0 Å². The van der Waals surface area contributed by atoms with Crippen molar-refractivity contribution in [1.29, 1.82) is 0 Å². The van der Waals surface area contributed by atoms with Crippen LogP contribution in [0.4, 0.5) is 0 Å². The van der Waals surface area contributed by atoms with E-state index in [0.717, 1.165) is 89.9 Å². The van der Waals surface area contributed by atoms with Gasteiger partial charge < -0.3 is 14.2 Å². The van der Waals surface area contributed by atoms with Crippen molar-refractivity contribution in [3.05, 3.63) is 48.6 Å². The molecule has 0 aliphatic heterocycles. The lowest BCUT2D eigenvalue weighted by Gasteiger charge is -2.18. The summed E-state index contributed by atoms with van der Waals surface area (Å²) < 4.78 is 16.9. The molecule has 0 aromatic rings. The molecule has 0 aliphatic rings. The average Bonchev–Trinajstić information content (AvgIpc) is 3.40. The van der Waals surface area contributed by atoms with Crippen molar-refractivity contribution < 1.29 is 28.6 Å². The normalized spacial score (nSPS) is 12.3. The highest BCUT2D eigenvalue weighted by Gasteiger charge is 2.19. The van der Waals surface area contributed by atoms with E-state index in [-0.39, 0.29) is 31.1 Å². The van der Waals surface area contributed by atoms with Gasteiger partial charge in [0, 0.05) is 19.3 Å². The minimum Gasteiger partial charge on any atom is -0.462 e. The van der Waals surface area contributed by atoms with Crippen molar-refractivity contribution >= 4 is 17.9 Å². The molecule has 0 aliphatic carbocycles. The highest BCUT2D eigenvalue weighted by Crippen LogP contribution is 2.17. The van der Waals surface area contributed by atoms with Gasteiger partial charge in [-0.3, -0.25) is 14.4 Å². The second-order valence-corrected chi connectivity index (χ2v) is 22.0. The van der Waals surface area contributed by atoms with Crippen LogP contribution in [0.2, 0.25) is 0 Å². The Balaban J connectivity index is 4.08. The van der Waals surface area contributed by atoms with E-state index in [9.17, 15) is 14.4 Å². The van der Waals surface area contributed by atoms with Gasteiger partial charge in [-0.25, -0.2) is 0 Å². The van der Waals surface area contributed by atoms with Gasteiger partial charge in [-0.05, 0) is 83.5 Å². The number of carbonyl (C=O) groups is 3. The van der Waals surface area contributed by atoms with Crippen LogP contribution in [0, 0.1) is 0 Å². The standard InChI is InChI=1S/C68H124O6/c1-4-7-10-13-16-19-22-24-26-27-28-29-30-31-32-33-34-35-36-37-38-39-40-41-43-44-46-49-52-55-58-61-67(70)73-64-65(63-72-66(69)60-57-54-51-48-21-18-15-12-9-6-3)74-68(71)62-59-56-53-50-47-45-42-25-23-20-17-14-11-8-5-2/h17,20,22,24-25,27-28,42,65H,4-16,18-19,21,23,26,29-41,43-64H2,1-3H3/b20-17-,24-22-,28-27-,42-25-. The number of hydrogen-bond donors (Lipinski definition) is 0. The Bertz CT molecular complexity index is 1280. The quantitative estimate of drug-likeness (QED) is 0.0261. The Morgan fingerprint density at radius 2 is 0.486 bits per heavy atom. The van der Waals surface area contributed by atoms with Gasteiger partial charge in [-0.1, -0.05) is 294 Å². The molecular formula is C68H124O6. The molecule has 6 heteroatoms. The van der Waals surface area contributed by atoms with Crippen molar-refractivity contribution in [2.24, 2.45) is 0 Å². The van der Waals surface area contributed by atoms with E-state index in [1.54, 1.807) is 0 Å². The summed E-state index contributed by atoms with van der Waals surface area (Å²) in [5, 5.41) is 0. The molecule has 0 amide bonds. The molecule has 432 valence electrons. The van der Waals surface area contributed by atoms with Crippen LogP contribution >= 0.6 is 0 Å². The van der Waals surface area contributed by atoms with E-state index in [2.05, 4.69) is 69.4 Å². The van der Waals surface area contributed by atoms with Gasteiger partial charge in [0.05, 0.1) is 0 Å². The summed E-state index contributed by atoms with van der Waals surface area (Å²) in [6.07, 6.45) is 78.6. The highest BCUT2D eigenvalue weighted by molar-refractivity contribution is 5.71. The van der Waals surface area contributed by atoms with E-state index in [1.165, 1.54) is 218 Å². The van der Waals surface area contributed by atoms with Crippen LogP contribution in [-0.4, -0.2) is 37.2 Å². The third-order valence-electron chi connectivity index (χ3n) is 14.6. The molecule has 1 atom stereocenters. The number of esters is 3. The van der Waals surface area contributed by atoms with Crippen LogP contribution in [0.1, 0.15) is 348 Å². The van der Waals surface area contributed by atoms with Crippen molar-refractivity contribution in [3.8, 4) is 0 Å². The molecule has 0 rings (SSSR count). The molecule has 6 nitrogen and oxygen atoms in total. The molecule has 0 aromatic heterocycles. The molecule has 0 aromatic carbocycles. The minimum absolute atomic E-state index is 0.0743. The van der Waals surface area contributed by atoms with Gasteiger partial charge in [0.2, 0.25) is 0 Å². The number of rotatable bonds is 60. The summed E-state index contributed by atoms with van der Waals surface area (Å²) in [5.74, 6) is -0.871. The SMILES string of the molecule is CCCCC/C=C\C/C=C\CCCCCCCC(=O)OC(COC(=O)CCCCCCCCCCCC)COC(=O)CCCCCCCCCCCCCCCCCCCCC/C=C\C/C=C\CCCCCCC. The molecule has 0 saturated carbocycles. The van der Waals surface area contributed by atoms with Crippen LogP contribution in [0.3, 0.4) is 0 Å². The number of allylic oxidation sites excluding steroid dienone is 8. The van der Waals surface area contributed by atoms with Crippen LogP contribution in [0.15, 0.2) is 48.6 Å². The Morgan fingerprint density at radius 1 is 0.270 bits per heavy atom. The number of unbranched alkanes of at least 4 members (excludes halogenated alkanes) is 41. The summed E-state index contributed by atoms with van der Waals surface area (Å²) in [5.41, 5.74) is 0. The predicted octanol–water partition coefficient (Wildman–Crippen LogP) is 22.2. The van der Waals surface area contributed by atoms with Crippen LogP contribution in [-0.2, 0) is 28.6 Å². The van der Waals surface area contributed by atoms with Gasteiger partial charge in [0.15, 0.2) is 6.10 Å². The first-order chi connectivity index (χ1) is 36.5. The lowest BCUT2D eigenvalue weighted by atomic mass is 10.0.